The van der Waals surface area contributed by atoms with Crippen LogP contribution in [0.3, 0.4) is 0 Å². The number of benzene rings is 2. The first kappa shape index (κ1) is 16.0. The molecule has 2 aromatic carbocycles. The first-order chi connectivity index (χ1) is 11.6. The van der Waals surface area contributed by atoms with Crippen LogP contribution in [0.15, 0.2) is 48.5 Å². The fourth-order valence-electron chi connectivity index (χ4n) is 2.48. The van der Waals surface area contributed by atoms with Crippen LogP contribution in [0.25, 0.3) is 0 Å². The van der Waals surface area contributed by atoms with E-state index in [0.717, 1.165) is 12.1 Å². The summed E-state index contributed by atoms with van der Waals surface area (Å²) in [7, 11) is 0. The van der Waals surface area contributed by atoms with Crippen molar-refractivity contribution >= 4 is 17.6 Å². The van der Waals surface area contributed by atoms with E-state index in [2.05, 4.69) is 0 Å². The fourth-order valence-corrected chi connectivity index (χ4v) is 2.48. The van der Waals surface area contributed by atoms with Crippen molar-refractivity contribution in [2.45, 2.75) is 12.8 Å². The predicted molar refractivity (Wildman–Crippen MR) is 85.6 cm³/mol. The molecule has 1 heterocycles. The maximum absolute atomic E-state index is 13.0. The summed E-state index contributed by atoms with van der Waals surface area (Å²) in [6.45, 7) is 0.384. The van der Waals surface area contributed by atoms with Crippen molar-refractivity contribution in [1.29, 1.82) is 0 Å². The van der Waals surface area contributed by atoms with E-state index in [9.17, 15) is 14.0 Å². The van der Waals surface area contributed by atoms with Gasteiger partial charge in [0, 0.05) is 24.7 Å². The zero-order valence-corrected chi connectivity index (χ0v) is 12.9. The number of hydrogen-bond acceptors (Lipinski definition) is 4. The Hall–Kier alpha value is -2.89. The second kappa shape index (κ2) is 7.12. The third-order valence-electron chi connectivity index (χ3n) is 3.61. The fraction of sp³-hybridized carbons (Fsp3) is 0.222. The summed E-state index contributed by atoms with van der Waals surface area (Å²) < 4.78 is 23.3. The van der Waals surface area contributed by atoms with E-state index in [1.165, 1.54) is 18.2 Å². The van der Waals surface area contributed by atoms with Gasteiger partial charge >= 0.3 is 5.97 Å². The molecule has 0 bridgehead atoms. The quantitative estimate of drug-likeness (QED) is 0.625. The molecule has 0 aliphatic carbocycles. The van der Waals surface area contributed by atoms with E-state index in [4.69, 9.17) is 9.47 Å². The normalized spacial score (nSPS) is 13.9. The molecule has 24 heavy (non-hydrogen) atoms. The molecule has 1 fully saturated rings. The topological polar surface area (TPSA) is 55.8 Å². The van der Waals surface area contributed by atoms with Gasteiger partial charge in [0.05, 0.1) is 0 Å². The average Bonchev–Trinajstić information content (AvgIpc) is 3.00. The Balaban J connectivity index is 1.53. The molecule has 1 aliphatic rings. The molecule has 0 radical (unpaired) electrons. The Bertz CT molecular complexity index is 745. The van der Waals surface area contributed by atoms with Crippen molar-refractivity contribution in [3.8, 4) is 11.5 Å². The maximum Gasteiger partial charge on any atom is 0.349 e. The summed E-state index contributed by atoms with van der Waals surface area (Å²) in [5.74, 6) is -0.312. The van der Waals surface area contributed by atoms with Gasteiger partial charge in [0.15, 0.2) is 6.61 Å². The van der Waals surface area contributed by atoms with E-state index < -0.39 is 11.8 Å². The lowest BCUT2D eigenvalue weighted by atomic mass is 10.3. The molecule has 3 rings (SSSR count). The van der Waals surface area contributed by atoms with Crippen LogP contribution < -0.4 is 14.4 Å². The highest BCUT2D eigenvalue weighted by atomic mass is 19.1. The smallest absolute Gasteiger partial charge is 0.349 e. The molecule has 1 saturated heterocycles. The van der Waals surface area contributed by atoms with E-state index in [1.807, 2.05) is 0 Å². The molecule has 0 spiro atoms. The molecule has 1 aliphatic heterocycles. The standard InChI is InChI=1S/C18H16FNO4/c19-13-3-1-4-16(11-13)23-12-18(22)24-15-8-6-14(7-9-15)20-10-2-5-17(20)21/h1,3-4,6-9,11H,2,5,10,12H2. The Morgan fingerprint density at radius 2 is 1.92 bits per heavy atom. The van der Waals surface area contributed by atoms with Gasteiger partial charge in [0.25, 0.3) is 0 Å². The summed E-state index contributed by atoms with van der Waals surface area (Å²) in [6, 6.07) is 12.3. The summed E-state index contributed by atoms with van der Waals surface area (Å²) in [4.78, 5) is 25.1. The van der Waals surface area contributed by atoms with Crippen LogP contribution in [0, 0.1) is 5.82 Å². The minimum Gasteiger partial charge on any atom is -0.482 e. The van der Waals surface area contributed by atoms with E-state index in [0.29, 0.717) is 18.7 Å². The lowest BCUT2D eigenvalue weighted by molar-refractivity contribution is -0.136. The summed E-state index contributed by atoms with van der Waals surface area (Å²) in [5.41, 5.74) is 0.785. The molecule has 124 valence electrons. The Morgan fingerprint density at radius 1 is 1.12 bits per heavy atom. The van der Waals surface area contributed by atoms with Crippen LogP contribution in [0.4, 0.5) is 10.1 Å². The number of rotatable bonds is 5. The van der Waals surface area contributed by atoms with Gasteiger partial charge in [-0.05, 0) is 42.8 Å². The number of carbonyl (C=O) groups excluding carboxylic acids is 2. The molecule has 2 aromatic rings. The van der Waals surface area contributed by atoms with Gasteiger partial charge in [-0.1, -0.05) is 6.07 Å². The first-order valence-electron chi connectivity index (χ1n) is 7.61. The molecule has 0 unspecified atom stereocenters. The number of halogens is 1. The maximum atomic E-state index is 13.0. The predicted octanol–water partition coefficient (Wildman–Crippen LogP) is 2.94. The Kier molecular flexibility index (Phi) is 4.74. The minimum absolute atomic E-state index is 0.100. The average molecular weight is 329 g/mol. The molecule has 0 N–H and O–H groups in total. The largest absolute Gasteiger partial charge is 0.482 e. The van der Waals surface area contributed by atoms with Crippen LogP contribution in [-0.4, -0.2) is 25.0 Å². The molecule has 6 heteroatoms. The lowest BCUT2D eigenvalue weighted by Gasteiger charge is -2.15. The Morgan fingerprint density at radius 3 is 2.58 bits per heavy atom. The van der Waals surface area contributed by atoms with Crippen LogP contribution >= 0.6 is 0 Å². The van der Waals surface area contributed by atoms with Crippen LogP contribution in [0.5, 0.6) is 11.5 Å². The highest BCUT2D eigenvalue weighted by Crippen LogP contribution is 2.24. The number of carbonyl (C=O) groups is 2. The second-order valence-electron chi connectivity index (χ2n) is 5.36. The number of hydrogen-bond donors (Lipinski definition) is 0. The van der Waals surface area contributed by atoms with E-state index in [1.54, 1.807) is 35.2 Å². The van der Waals surface area contributed by atoms with Crippen molar-refractivity contribution in [3.05, 3.63) is 54.3 Å². The number of esters is 1. The van der Waals surface area contributed by atoms with Crippen LogP contribution in [0.1, 0.15) is 12.8 Å². The zero-order chi connectivity index (χ0) is 16.9. The second-order valence-corrected chi connectivity index (χ2v) is 5.36. The number of amides is 1. The molecule has 0 saturated carbocycles. The van der Waals surface area contributed by atoms with Crippen molar-refractivity contribution in [1.82, 2.24) is 0 Å². The minimum atomic E-state index is -0.593. The lowest BCUT2D eigenvalue weighted by Crippen LogP contribution is -2.23. The molecule has 0 aromatic heterocycles. The number of ether oxygens (including phenoxy) is 2. The molecule has 0 atom stereocenters. The summed E-state index contributed by atoms with van der Waals surface area (Å²) >= 11 is 0. The highest BCUT2D eigenvalue weighted by molar-refractivity contribution is 5.95. The van der Waals surface area contributed by atoms with Gasteiger partial charge in [0.1, 0.15) is 17.3 Å². The number of anilines is 1. The molecule has 5 nitrogen and oxygen atoms in total. The Labute approximate surface area is 138 Å². The monoisotopic (exact) mass is 329 g/mol. The molecule has 1 amide bonds. The van der Waals surface area contributed by atoms with E-state index in [-0.39, 0.29) is 18.3 Å². The highest BCUT2D eigenvalue weighted by Gasteiger charge is 2.21. The van der Waals surface area contributed by atoms with Gasteiger partial charge in [-0.3, -0.25) is 4.79 Å². The van der Waals surface area contributed by atoms with Crippen molar-refractivity contribution in [3.63, 3.8) is 0 Å². The van der Waals surface area contributed by atoms with Crippen LogP contribution in [-0.2, 0) is 9.59 Å². The van der Waals surface area contributed by atoms with Crippen molar-refractivity contribution in [2.75, 3.05) is 18.1 Å². The van der Waals surface area contributed by atoms with Gasteiger partial charge < -0.3 is 14.4 Å². The van der Waals surface area contributed by atoms with Crippen LogP contribution in [0.2, 0.25) is 0 Å². The van der Waals surface area contributed by atoms with Gasteiger partial charge in [-0.2, -0.15) is 0 Å². The van der Waals surface area contributed by atoms with E-state index >= 15 is 0 Å². The molecular weight excluding hydrogens is 313 g/mol. The number of nitrogens with zero attached hydrogens (tertiary/aromatic N) is 1. The first-order valence-corrected chi connectivity index (χ1v) is 7.61. The zero-order valence-electron chi connectivity index (χ0n) is 12.9. The third kappa shape index (κ3) is 3.90. The SMILES string of the molecule is O=C(COc1cccc(F)c1)Oc1ccc(N2CCCC2=O)cc1. The van der Waals surface area contributed by atoms with Gasteiger partial charge in [-0.15, -0.1) is 0 Å². The van der Waals surface area contributed by atoms with Gasteiger partial charge in [-0.25, -0.2) is 9.18 Å². The van der Waals surface area contributed by atoms with Crippen molar-refractivity contribution < 1.29 is 23.5 Å². The van der Waals surface area contributed by atoms with Gasteiger partial charge in [0.2, 0.25) is 5.91 Å². The summed E-state index contributed by atoms with van der Waals surface area (Å²) in [6.07, 6.45) is 1.42. The third-order valence-corrected chi connectivity index (χ3v) is 3.61. The van der Waals surface area contributed by atoms with Crippen molar-refractivity contribution in [2.24, 2.45) is 0 Å². The summed E-state index contributed by atoms with van der Waals surface area (Å²) in [5, 5.41) is 0. The molecular formula is C18H16FNO4.